The van der Waals surface area contributed by atoms with Crippen LogP contribution in [0.1, 0.15) is 54.8 Å². The monoisotopic (exact) mass is 270 g/mol. The molecule has 0 spiro atoms. The standard InChI is InChI=1S/C14H22O3S/c1-3-5-6-11(4-2)9-17-10-12-7-8-18-13(12)14(15)16/h7-8,11H,3-6,9-10H2,1-2H3,(H,15,16). The number of carboxylic acids is 1. The number of hydrogen-bond acceptors (Lipinski definition) is 3. The SMILES string of the molecule is CCCCC(CC)COCc1ccsc1C(=O)O. The number of hydrogen-bond donors (Lipinski definition) is 1. The van der Waals surface area contributed by atoms with Crippen LogP contribution in [-0.4, -0.2) is 17.7 Å². The van der Waals surface area contributed by atoms with Crippen LogP contribution >= 0.6 is 11.3 Å². The Morgan fingerprint density at radius 1 is 1.50 bits per heavy atom. The first-order chi connectivity index (χ1) is 8.69. The van der Waals surface area contributed by atoms with Crippen LogP contribution in [0.5, 0.6) is 0 Å². The lowest BCUT2D eigenvalue weighted by atomic mass is 10.0. The third-order valence-electron chi connectivity index (χ3n) is 3.10. The number of rotatable bonds is 9. The number of thiophene rings is 1. The maximum atomic E-state index is 10.9. The van der Waals surface area contributed by atoms with Crippen molar-refractivity contribution in [3.05, 3.63) is 21.9 Å². The Morgan fingerprint density at radius 3 is 2.89 bits per heavy atom. The molecule has 0 fully saturated rings. The van der Waals surface area contributed by atoms with Crippen molar-refractivity contribution in [2.24, 2.45) is 5.92 Å². The lowest BCUT2D eigenvalue weighted by molar-refractivity contribution is 0.0677. The topological polar surface area (TPSA) is 46.5 Å². The molecule has 0 saturated carbocycles. The van der Waals surface area contributed by atoms with Gasteiger partial charge in [-0.05, 0) is 23.8 Å². The largest absolute Gasteiger partial charge is 0.477 e. The van der Waals surface area contributed by atoms with Gasteiger partial charge in [-0.25, -0.2) is 4.79 Å². The molecule has 0 amide bonds. The predicted molar refractivity (Wildman–Crippen MR) is 74.2 cm³/mol. The van der Waals surface area contributed by atoms with E-state index in [1.54, 1.807) is 5.38 Å². The molecule has 1 atom stereocenters. The van der Waals surface area contributed by atoms with Crippen LogP contribution in [0.3, 0.4) is 0 Å². The van der Waals surface area contributed by atoms with E-state index in [1.165, 1.54) is 30.6 Å². The van der Waals surface area contributed by atoms with Gasteiger partial charge in [-0.2, -0.15) is 0 Å². The summed E-state index contributed by atoms with van der Waals surface area (Å²) in [6.45, 7) is 5.51. The molecule has 0 aliphatic rings. The fourth-order valence-corrected chi connectivity index (χ4v) is 2.62. The molecule has 1 aromatic heterocycles. The molecular formula is C14H22O3S. The van der Waals surface area contributed by atoms with Gasteiger partial charge in [-0.15, -0.1) is 11.3 Å². The van der Waals surface area contributed by atoms with E-state index in [0.717, 1.165) is 18.6 Å². The van der Waals surface area contributed by atoms with Crippen molar-refractivity contribution in [2.75, 3.05) is 6.61 Å². The average Bonchev–Trinajstić information content (AvgIpc) is 2.82. The van der Waals surface area contributed by atoms with E-state index in [4.69, 9.17) is 9.84 Å². The number of ether oxygens (including phenoxy) is 1. The number of carboxylic acid groups (broad SMARTS) is 1. The molecule has 1 rings (SSSR count). The van der Waals surface area contributed by atoms with Gasteiger partial charge in [-0.3, -0.25) is 0 Å². The molecule has 4 heteroatoms. The minimum Gasteiger partial charge on any atom is -0.477 e. The summed E-state index contributed by atoms with van der Waals surface area (Å²) in [5.41, 5.74) is 0.790. The molecular weight excluding hydrogens is 248 g/mol. The summed E-state index contributed by atoms with van der Waals surface area (Å²) in [4.78, 5) is 11.3. The highest BCUT2D eigenvalue weighted by Gasteiger charge is 2.12. The summed E-state index contributed by atoms with van der Waals surface area (Å²) < 4.78 is 5.66. The van der Waals surface area contributed by atoms with Crippen molar-refractivity contribution in [2.45, 2.75) is 46.1 Å². The summed E-state index contributed by atoms with van der Waals surface area (Å²) in [7, 11) is 0. The predicted octanol–water partition coefficient (Wildman–Crippen LogP) is 4.18. The third kappa shape index (κ3) is 4.78. The molecule has 102 valence electrons. The van der Waals surface area contributed by atoms with Crippen LogP contribution in [0.15, 0.2) is 11.4 Å². The minimum atomic E-state index is -0.860. The van der Waals surface area contributed by atoms with E-state index in [-0.39, 0.29) is 0 Å². The second-order valence-electron chi connectivity index (χ2n) is 4.51. The number of unbranched alkanes of at least 4 members (excludes halogenated alkanes) is 1. The summed E-state index contributed by atoms with van der Waals surface area (Å²) in [6.07, 6.45) is 4.77. The number of aromatic carboxylic acids is 1. The quantitative estimate of drug-likeness (QED) is 0.732. The third-order valence-corrected chi connectivity index (χ3v) is 4.04. The summed E-state index contributed by atoms with van der Waals surface area (Å²) in [6, 6.07) is 1.83. The fraction of sp³-hybridized carbons (Fsp3) is 0.643. The highest BCUT2D eigenvalue weighted by Crippen LogP contribution is 2.19. The maximum Gasteiger partial charge on any atom is 0.346 e. The first-order valence-electron chi connectivity index (χ1n) is 6.56. The van der Waals surface area contributed by atoms with E-state index < -0.39 is 5.97 Å². The Hall–Kier alpha value is -0.870. The van der Waals surface area contributed by atoms with Gasteiger partial charge in [0.05, 0.1) is 6.61 Å². The van der Waals surface area contributed by atoms with Crippen LogP contribution in [-0.2, 0) is 11.3 Å². The van der Waals surface area contributed by atoms with Crippen LogP contribution in [0.25, 0.3) is 0 Å². The minimum absolute atomic E-state index is 0.400. The van der Waals surface area contributed by atoms with Crippen molar-refractivity contribution in [3.8, 4) is 0 Å². The molecule has 0 aliphatic heterocycles. The molecule has 1 aromatic rings. The Bertz CT molecular complexity index is 360. The molecule has 0 bridgehead atoms. The van der Waals surface area contributed by atoms with Crippen LogP contribution in [0, 0.1) is 5.92 Å². The van der Waals surface area contributed by atoms with E-state index in [9.17, 15) is 4.79 Å². The van der Waals surface area contributed by atoms with Gasteiger partial charge in [0.15, 0.2) is 0 Å². The van der Waals surface area contributed by atoms with Gasteiger partial charge in [0.2, 0.25) is 0 Å². The highest BCUT2D eigenvalue weighted by atomic mass is 32.1. The van der Waals surface area contributed by atoms with Crippen molar-refractivity contribution in [1.29, 1.82) is 0 Å². The van der Waals surface area contributed by atoms with Gasteiger partial charge >= 0.3 is 5.97 Å². The highest BCUT2D eigenvalue weighted by molar-refractivity contribution is 7.12. The normalized spacial score (nSPS) is 12.6. The van der Waals surface area contributed by atoms with E-state index in [2.05, 4.69) is 13.8 Å². The van der Waals surface area contributed by atoms with E-state index >= 15 is 0 Å². The Morgan fingerprint density at radius 2 is 2.28 bits per heavy atom. The van der Waals surface area contributed by atoms with Gasteiger partial charge in [0.1, 0.15) is 4.88 Å². The molecule has 1 heterocycles. The van der Waals surface area contributed by atoms with E-state index in [1.807, 2.05) is 6.07 Å². The van der Waals surface area contributed by atoms with Crippen LogP contribution in [0.4, 0.5) is 0 Å². The second-order valence-corrected chi connectivity index (χ2v) is 5.43. The lowest BCUT2D eigenvalue weighted by Gasteiger charge is -2.14. The molecule has 0 saturated heterocycles. The van der Waals surface area contributed by atoms with Crippen molar-refractivity contribution < 1.29 is 14.6 Å². The molecule has 0 radical (unpaired) electrons. The molecule has 1 N–H and O–H groups in total. The van der Waals surface area contributed by atoms with Gasteiger partial charge in [-0.1, -0.05) is 33.1 Å². The lowest BCUT2D eigenvalue weighted by Crippen LogP contribution is -2.09. The maximum absolute atomic E-state index is 10.9. The van der Waals surface area contributed by atoms with Crippen molar-refractivity contribution in [1.82, 2.24) is 0 Å². The van der Waals surface area contributed by atoms with Gasteiger partial charge < -0.3 is 9.84 Å². The zero-order valence-electron chi connectivity index (χ0n) is 11.1. The van der Waals surface area contributed by atoms with E-state index in [0.29, 0.717) is 17.4 Å². The summed E-state index contributed by atoms with van der Waals surface area (Å²) in [5, 5.41) is 10.8. The Balaban J connectivity index is 2.35. The zero-order chi connectivity index (χ0) is 13.4. The fourth-order valence-electron chi connectivity index (χ4n) is 1.87. The smallest absolute Gasteiger partial charge is 0.346 e. The van der Waals surface area contributed by atoms with Gasteiger partial charge in [0, 0.05) is 12.2 Å². The molecule has 3 nitrogen and oxygen atoms in total. The number of carbonyl (C=O) groups is 1. The molecule has 0 aromatic carbocycles. The Kier molecular flexibility index (Phi) is 6.98. The zero-order valence-corrected chi connectivity index (χ0v) is 12.0. The summed E-state index contributed by atoms with van der Waals surface area (Å²) in [5.74, 6) is -0.265. The summed E-state index contributed by atoms with van der Waals surface area (Å²) >= 11 is 1.26. The van der Waals surface area contributed by atoms with Gasteiger partial charge in [0.25, 0.3) is 0 Å². The first-order valence-corrected chi connectivity index (χ1v) is 7.44. The van der Waals surface area contributed by atoms with Crippen molar-refractivity contribution >= 4 is 17.3 Å². The molecule has 1 unspecified atom stereocenters. The first kappa shape index (κ1) is 15.2. The van der Waals surface area contributed by atoms with Crippen molar-refractivity contribution in [3.63, 3.8) is 0 Å². The average molecular weight is 270 g/mol. The molecule has 0 aliphatic carbocycles. The second kappa shape index (κ2) is 8.27. The van der Waals surface area contributed by atoms with Crippen LogP contribution < -0.4 is 0 Å². The molecule has 18 heavy (non-hydrogen) atoms. The Labute approximate surface area is 113 Å². The van der Waals surface area contributed by atoms with Crippen LogP contribution in [0.2, 0.25) is 0 Å².